The summed E-state index contributed by atoms with van der Waals surface area (Å²) in [4.78, 5) is 23.5. The molecule has 2 rings (SSSR count). The largest absolute Gasteiger partial charge is 0.320 e. The van der Waals surface area contributed by atoms with Crippen LogP contribution in [0.25, 0.3) is 5.69 Å². The lowest BCUT2D eigenvalue weighted by Crippen LogP contribution is -2.34. The summed E-state index contributed by atoms with van der Waals surface area (Å²) in [6.07, 6.45) is 1.53. The maximum Gasteiger partial charge on any atom is 0.270 e. The molecular weight excluding hydrogens is 254 g/mol. The van der Waals surface area contributed by atoms with Gasteiger partial charge in [-0.3, -0.25) is 15.0 Å². The first kappa shape index (κ1) is 14.0. The number of nitrogens with two attached hydrogens (primary N) is 1. The first-order chi connectivity index (χ1) is 9.43. The number of benzene rings is 1. The average Bonchev–Trinajstić information content (AvgIpc) is 2.41. The number of amides is 1. The molecular formula is C15H17N3O2. The van der Waals surface area contributed by atoms with Crippen molar-refractivity contribution in [3.8, 4) is 5.69 Å². The van der Waals surface area contributed by atoms with E-state index in [1.165, 1.54) is 12.3 Å². The first-order valence-electron chi connectivity index (χ1n) is 6.26. The lowest BCUT2D eigenvalue weighted by atomic mass is 10.1. The number of hydrogen-bond acceptors (Lipinski definition) is 3. The van der Waals surface area contributed by atoms with Crippen molar-refractivity contribution in [3.63, 3.8) is 0 Å². The highest BCUT2D eigenvalue weighted by Gasteiger charge is 2.12. The molecule has 0 aliphatic rings. The van der Waals surface area contributed by atoms with E-state index in [4.69, 9.17) is 5.84 Å². The van der Waals surface area contributed by atoms with Crippen LogP contribution < -0.4 is 16.7 Å². The van der Waals surface area contributed by atoms with Crippen LogP contribution in [0.2, 0.25) is 0 Å². The van der Waals surface area contributed by atoms with E-state index in [0.717, 1.165) is 22.5 Å². The van der Waals surface area contributed by atoms with Crippen LogP contribution in [-0.2, 0) is 0 Å². The van der Waals surface area contributed by atoms with Crippen LogP contribution in [0.1, 0.15) is 27.2 Å². The molecule has 0 aliphatic carbocycles. The minimum Gasteiger partial charge on any atom is -0.320 e. The fourth-order valence-electron chi connectivity index (χ4n) is 2.12. The second kappa shape index (κ2) is 5.30. The van der Waals surface area contributed by atoms with E-state index in [-0.39, 0.29) is 11.0 Å². The maximum absolute atomic E-state index is 11.8. The fourth-order valence-corrected chi connectivity index (χ4v) is 2.12. The predicted molar refractivity (Wildman–Crippen MR) is 77.9 cm³/mol. The molecule has 0 unspecified atom stereocenters. The van der Waals surface area contributed by atoms with E-state index in [2.05, 4.69) is 0 Å². The van der Waals surface area contributed by atoms with Crippen LogP contribution in [0.15, 0.2) is 35.3 Å². The zero-order valence-electron chi connectivity index (χ0n) is 11.7. The molecule has 0 radical (unpaired) electrons. The van der Waals surface area contributed by atoms with Crippen molar-refractivity contribution in [2.45, 2.75) is 20.8 Å². The molecule has 5 heteroatoms. The summed E-state index contributed by atoms with van der Waals surface area (Å²) in [5.41, 5.74) is 5.54. The Bertz CT molecular complexity index is 732. The van der Waals surface area contributed by atoms with Crippen molar-refractivity contribution >= 4 is 5.91 Å². The first-order valence-corrected chi connectivity index (χ1v) is 6.26. The third-order valence-electron chi connectivity index (χ3n) is 3.24. The zero-order valence-corrected chi connectivity index (χ0v) is 11.7. The van der Waals surface area contributed by atoms with Crippen molar-refractivity contribution in [1.29, 1.82) is 0 Å². The molecule has 0 saturated heterocycles. The third-order valence-corrected chi connectivity index (χ3v) is 3.24. The Morgan fingerprint density at radius 1 is 1.20 bits per heavy atom. The molecule has 1 amide bonds. The van der Waals surface area contributed by atoms with Crippen LogP contribution in [0, 0.1) is 20.8 Å². The van der Waals surface area contributed by atoms with Gasteiger partial charge in [-0.05, 0) is 38.0 Å². The summed E-state index contributed by atoms with van der Waals surface area (Å²) < 4.78 is 1.83. The molecule has 5 nitrogen and oxygen atoms in total. The van der Waals surface area contributed by atoms with Crippen molar-refractivity contribution in [1.82, 2.24) is 9.99 Å². The molecule has 1 aromatic carbocycles. The molecule has 0 fully saturated rings. The summed E-state index contributed by atoms with van der Waals surface area (Å²) in [5.74, 6) is 4.52. The predicted octanol–water partition coefficient (Wildman–Crippen LogP) is 1.37. The fraction of sp³-hybridized carbons (Fsp3) is 0.200. The summed E-state index contributed by atoms with van der Waals surface area (Å²) in [6.45, 7) is 5.80. The number of hydrogen-bond donors (Lipinski definition) is 2. The van der Waals surface area contributed by atoms with Crippen LogP contribution >= 0.6 is 0 Å². The number of carbonyl (C=O) groups excluding carboxylic acids is 1. The molecule has 1 heterocycles. The van der Waals surface area contributed by atoms with Crippen molar-refractivity contribution < 1.29 is 4.79 Å². The van der Waals surface area contributed by atoms with Crippen LogP contribution in [-0.4, -0.2) is 10.5 Å². The Hall–Kier alpha value is -2.40. The summed E-state index contributed by atoms with van der Waals surface area (Å²) in [6, 6.07) is 7.47. The van der Waals surface area contributed by atoms with Crippen LogP contribution in [0.3, 0.4) is 0 Å². The highest BCUT2D eigenvalue weighted by atomic mass is 16.2. The minimum absolute atomic E-state index is 0.0269. The van der Waals surface area contributed by atoms with Crippen LogP contribution in [0.5, 0.6) is 0 Å². The standard InChI is InChI=1S/C15H17N3O2/c1-9-4-5-10(2)13(6-9)18-8-12(15(20)17-16)14(19)7-11(18)3/h4-8H,16H2,1-3H3,(H,17,20). The number of nitrogens with one attached hydrogen (secondary N) is 1. The van der Waals surface area contributed by atoms with Crippen molar-refractivity contribution in [2.24, 2.45) is 5.84 Å². The van der Waals surface area contributed by atoms with Gasteiger partial charge >= 0.3 is 0 Å². The molecule has 20 heavy (non-hydrogen) atoms. The van der Waals surface area contributed by atoms with Crippen molar-refractivity contribution in [2.75, 3.05) is 0 Å². The molecule has 2 aromatic rings. The Morgan fingerprint density at radius 2 is 1.90 bits per heavy atom. The summed E-state index contributed by atoms with van der Waals surface area (Å²) in [7, 11) is 0. The molecule has 1 aromatic heterocycles. The van der Waals surface area contributed by atoms with Gasteiger partial charge in [-0.1, -0.05) is 12.1 Å². The zero-order chi connectivity index (χ0) is 14.9. The minimum atomic E-state index is -0.589. The van der Waals surface area contributed by atoms with Gasteiger partial charge in [0, 0.05) is 23.6 Å². The lowest BCUT2D eigenvalue weighted by Gasteiger charge is -2.15. The summed E-state index contributed by atoms with van der Waals surface area (Å²) >= 11 is 0. The van der Waals surface area contributed by atoms with E-state index >= 15 is 0 Å². The van der Waals surface area contributed by atoms with Gasteiger partial charge in [0.05, 0.1) is 0 Å². The smallest absolute Gasteiger partial charge is 0.270 e. The lowest BCUT2D eigenvalue weighted by molar-refractivity contribution is 0.0952. The molecule has 3 N–H and O–H groups in total. The monoisotopic (exact) mass is 271 g/mol. The van der Waals surface area contributed by atoms with Crippen molar-refractivity contribution in [3.05, 3.63) is 63.1 Å². The number of nitrogens with zero attached hydrogens (tertiary/aromatic N) is 1. The van der Waals surface area contributed by atoms with Gasteiger partial charge in [0.15, 0.2) is 5.43 Å². The number of aromatic nitrogens is 1. The number of nitrogen functional groups attached to an aromatic ring is 1. The number of pyridine rings is 1. The van der Waals surface area contributed by atoms with Gasteiger partial charge in [-0.25, -0.2) is 5.84 Å². The average molecular weight is 271 g/mol. The number of carbonyl (C=O) groups is 1. The van der Waals surface area contributed by atoms with E-state index < -0.39 is 5.91 Å². The van der Waals surface area contributed by atoms with E-state index in [1.54, 1.807) is 0 Å². The van der Waals surface area contributed by atoms with E-state index in [1.807, 2.05) is 49.0 Å². The van der Waals surface area contributed by atoms with Gasteiger partial charge in [0.1, 0.15) is 5.56 Å². The summed E-state index contributed by atoms with van der Waals surface area (Å²) in [5, 5.41) is 0. The Balaban J connectivity index is 2.71. The molecule has 0 spiro atoms. The van der Waals surface area contributed by atoms with E-state index in [9.17, 15) is 9.59 Å². The molecule has 0 aliphatic heterocycles. The number of aryl methyl sites for hydroxylation is 3. The van der Waals surface area contributed by atoms with Gasteiger partial charge in [0.25, 0.3) is 5.91 Å². The van der Waals surface area contributed by atoms with Gasteiger partial charge in [-0.2, -0.15) is 0 Å². The number of hydrazine groups is 1. The third kappa shape index (κ3) is 2.48. The SMILES string of the molecule is Cc1ccc(C)c(-n2cc(C(=O)NN)c(=O)cc2C)c1. The second-order valence-corrected chi connectivity index (χ2v) is 4.83. The van der Waals surface area contributed by atoms with E-state index in [0.29, 0.717) is 0 Å². The number of rotatable bonds is 2. The van der Waals surface area contributed by atoms with Gasteiger partial charge in [-0.15, -0.1) is 0 Å². The highest BCUT2D eigenvalue weighted by molar-refractivity contribution is 5.93. The molecule has 0 atom stereocenters. The molecule has 104 valence electrons. The Kier molecular flexibility index (Phi) is 3.72. The Labute approximate surface area is 117 Å². The van der Waals surface area contributed by atoms with Crippen LogP contribution in [0.4, 0.5) is 0 Å². The highest BCUT2D eigenvalue weighted by Crippen LogP contribution is 2.17. The normalized spacial score (nSPS) is 10.4. The molecule has 0 bridgehead atoms. The second-order valence-electron chi connectivity index (χ2n) is 4.83. The quantitative estimate of drug-likeness (QED) is 0.492. The van der Waals surface area contributed by atoms with Gasteiger partial charge in [0.2, 0.25) is 0 Å². The van der Waals surface area contributed by atoms with Gasteiger partial charge < -0.3 is 4.57 Å². The molecule has 0 saturated carbocycles. The maximum atomic E-state index is 11.8. The topological polar surface area (TPSA) is 77.1 Å². The Morgan fingerprint density at radius 3 is 2.55 bits per heavy atom.